The molecule has 3 rings (SSSR count). The van der Waals surface area contributed by atoms with E-state index in [-0.39, 0.29) is 0 Å². The molecule has 2 heterocycles. The zero-order valence-electron chi connectivity index (χ0n) is 12.2. The Labute approximate surface area is 125 Å². The Morgan fingerprint density at radius 1 is 1.14 bits per heavy atom. The smallest absolute Gasteiger partial charge is 0.0991 e. The van der Waals surface area contributed by atoms with Crippen molar-refractivity contribution in [2.24, 2.45) is 0 Å². The predicted molar refractivity (Wildman–Crippen MR) is 85.6 cm³/mol. The minimum absolute atomic E-state index is 0.834. The Bertz CT molecular complexity index is 682. The second-order valence-electron chi connectivity index (χ2n) is 5.07. The average molecular weight is 280 g/mol. The lowest BCUT2D eigenvalue weighted by molar-refractivity contribution is 0.654. The van der Waals surface area contributed by atoms with Gasteiger partial charge in [0.05, 0.1) is 12.9 Å². The second kappa shape index (κ2) is 6.31. The molecule has 4 nitrogen and oxygen atoms in total. The summed E-state index contributed by atoms with van der Waals surface area (Å²) in [7, 11) is 0. The minimum Gasteiger partial charge on any atom is -0.379 e. The third kappa shape index (κ3) is 3.16. The van der Waals surface area contributed by atoms with Crippen molar-refractivity contribution in [3.8, 4) is 5.69 Å². The third-order valence-electron chi connectivity index (χ3n) is 3.51. The van der Waals surface area contributed by atoms with E-state index in [2.05, 4.69) is 64.4 Å². The molecule has 0 aliphatic carbocycles. The molecule has 0 radical (unpaired) electrons. The minimum atomic E-state index is 0.834. The number of hydrogen-bond donors (Lipinski definition) is 1. The Hall–Kier alpha value is -2.49. The summed E-state index contributed by atoms with van der Waals surface area (Å²) in [5.41, 5.74) is 3.54. The van der Waals surface area contributed by atoms with Crippen LogP contribution in [0.4, 0.5) is 5.69 Å². The Kier molecular flexibility index (Phi) is 4.05. The highest BCUT2D eigenvalue weighted by molar-refractivity contribution is 5.51. The molecule has 0 unspecified atom stereocenters. The topological polar surface area (TPSA) is 34.8 Å². The normalized spacial score (nSPS) is 10.7. The van der Waals surface area contributed by atoms with E-state index in [9.17, 15) is 0 Å². The number of benzene rings is 1. The van der Waals surface area contributed by atoms with Gasteiger partial charge in [0.1, 0.15) is 0 Å². The summed E-state index contributed by atoms with van der Waals surface area (Å²) >= 11 is 0. The Morgan fingerprint density at radius 2 is 2.10 bits per heavy atom. The van der Waals surface area contributed by atoms with E-state index in [0.29, 0.717) is 0 Å². The number of nitrogens with zero attached hydrogens (tertiary/aromatic N) is 3. The maximum absolute atomic E-state index is 4.09. The summed E-state index contributed by atoms with van der Waals surface area (Å²) < 4.78 is 4.30. The zero-order chi connectivity index (χ0) is 14.5. The number of aromatic nitrogens is 3. The van der Waals surface area contributed by atoms with Gasteiger partial charge in [-0.1, -0.05) is 13.0 Å². The molecule has 2 aromatic heterocycles. The van der Waals surface area contributed by atoms with Crippen molar-refractivity contribution in [1.82, 2.24) is 14.1 Å². The van der Waals surface area contributed by atoms with Crippen molar-refractivity contribution in [3.63, 3.8) is 0 Å². The van der Waals surface area contributed by atoms with Gasteiger partial charge in [-0.15, -0.1) is 0 Å². The van der Waals surface area contributed by atoms with Crippen LogP contribution in [-0.2, 0) is 13.1 Å². The number of hydrogen-bond acceptors (Lipinski definition) is 2. The summed E-state index contributed by atoms with van der Waals surface area (Å²) in [5.74, 6) is 0. The van der Waals surface area contributed by atoms with Crippen LogP contribution >= 0.6 is 0 Å². The van der Waals surface area contributed by atoms with Crippen LogP contribution < -0.4 is 5.32 Å². The first-order valence-electron chi connectivity index (χ1n) is 7.33. The molecule has 0 aliphatic heterocycles. The van der Waals surface area contributed by atoms with Crippen LogP contribution in [0.5, 0.6) is 0 Å². The van der Waals surface area contributed by atoms with E-state index in [1.807, 2.05) is 17.1 Å². The molecule has 0 atom stereocenters. The molecule has 1 aromatic carbocycles. The lowest BCUT2D eigenvalue weighted by Crippen LogP contribution is -2.07. The van der Waals surface area contributed by atoms with Gasteiger partial charge in [-0.3, -0.25) is 0 Å². The molecular weight excluding hydrogens is 260 g/mol. The maximum Gasteiger partial charge on any atom is 0.0991 e. The predicted octanol–water partition coefficient (Wildman–Crippen LogP) is 3.70. The lowest BCUT2D eigenvalue weighted by Gasteiger charge is -2.11. The molecule has 3 aromatic rings. The molecule has 0 aliphatic rings. The first-order chi connectivity index (χ1) is 10.4. The van der Waals surface area contributed by atoms with Gasteiger partial charge in [-0.25, -0.2) is 4.98 Å². The standard InChI is InChI=1S/C17H20N4/c1-2-9-20-10-4-7-17(20)13-19-15-5-3-6-16(12-15)21-11-8-18-14-21/h3-8,10-12,14,19H,2,9,13H2,1H3. The van der Waals surface area contributed by atoms with E-state index in [1.54, 1.807) is 6.20 Å². The van der Waals surface area contributed by atoms with Crippen molar-refractivity contribution in [2.75, 3.05) is 5.32 Å². The van der Waals surface area contributed by atoms with Crippen molar-refractivity contribution in [3.05, 3.63) is 67.0 Å². The fourth-order valence-corrected chi connectivity index (χ4v) is 2.45. The maximum atomic E-state index is 4.09. The third-order valence-corrected chi connectivity index (χ3v) is 3.51. The highest BCUT2D eigenvalue weighted by Crippen LogP contribution is 2.15. The van der Waals surface area contributed by atoms with Crippen LogP contribution in [0.3, 0.4) is 0 Å². The van der Waals surface area contributed by atoms with E-state index in [4.69, 9.17) is 0 Å². The molecule has 108 valence electrons. The molecule has 0 saturated carbocycles. The average Bonchev–Trinajstić information content (AvgIpc) is 3.18. The largest absolute Gasteiger partial charge is 0.379 e. The highest BCUT2D eigenvalue weighted by Gasteiger charge is 2.01. The first kappa shape index (κ1) is 13.5. The first-order valence-corrected chi connectivity index (χ1v) is 7.33. The molecule has 1 N–H and O–H groups in total. The van der Waals surface area contributed by atoms with Gasteiger partial charge >= 0.3 is 0 Å². The second-order valence-corrected chi connectivity index (χ2v) is 5.07. The van der Waals surface area contributed by atoms with E-state index < -0.39 is 0 Å². The number of imidazole rings is 1. The number of aryl methyl sites for hydroxylation is 1. The van der Waals surface area contributed by atoms with Gasteiger partial charge in [0.15, 0.2) is 0 Å². The summed E-state index contributed by atoms with van der Waals surface area (Å²) in [4.78, 5) is 4.09. The molecule has 0 bridgehead atoms. The van der Waals surface area contributed by atoms with Gasteiger partial charge in [-0.2, -0.15) is 0 Å². The van der Waals surface area contributed by atoms with Gasteiger partial charge < -0.3 is 14.5 Å². The Morgan fingerprint density at radius 3 is 2.90 bits per heavy atom. The van der Waals surface area contributed by atoms with Gasteiger partial charge in [0.25, 0.3) is 0 Å². The molecule has 21 heavy (non-hydrogen) atoms. The molecular formula is C17H20N4. The molecule has 0 saturated heterocycles. The molecule has 4 heteroatoms. The van der Waals surface area contributed by atoms with Crippen LogP contribution in [0.25, 0.3) is 5.69 Å². The van der Waals surface area contributed by atoms with Crippen LogP contribution in [0.1, 0.15) is 19.0 Å². The summed E-state index contributed by atoms with van der Waals surface area (Å²) in [6.07, 6.45) is 8.84. The number of anilines is 1. The fourth-order valence-electron chi connectivity index (χ4n) is 2.45. The number of nitrogens with one attached hydrogen (secondary N) is 1. The van der Waals surface area contributed by atoms with Crippen molar-refractivity contribution in [2.45, 2.75) is 26.4 Å². The van der Waals surface area contributed by atoms with Gasteiger partial charge in [-0.05, 0) is 36.8 Å². The highest BCUT2D eigenvalue weighted by atomic mass is 15.0. The molecule has 0 spiro atoms. The molecule has 0 fully saturated rings. The van der Waals surface area contributed by atoms with Gasteiger partial charge in [0, 0.05) is 42.2 Å². The quantitative estimate of drug-likeness (QED) is 0.747. The van der Waals surface area contributed by atoms with Crippen LogP contribution in [0.15, 0.2) is 61.3 Å². The lowest BCUT2D eigenvalue weighted by atomic mass is 10.2. The van der Waals surface area contributed by atoms with Crippen molar-refractivity contribution in [1.29, 1.82) is 0 Å². The van der Waals surface area contributed by atoms with Crippen molar-refractivity contribution >= 4 is 5.69 Å². The summed E-state index contributed by atoms with van der Waals surface area (Å²) in [6.45, 7) is 4.10. The molecule has 0 amide bonds. The Balaban J connectivity index is 1.71. The van der Waals surface area contributed by atoms with E-state index in [0.717, 1.165) is 30.9 Å². The zero-order valence-corrected chi connectivity index (χ0v) is 12.2. The SMILES string of the molecule is CCCn1cccc1CNc1cccc(-n2ccnc2)c1. The van der Waals surface area contributed by atoms with Gasteiger partial charge in [0.2, 0.25) is 0 Å². The summed E-state index contributed by atoms with van der Waals surface area (Å²) in [6, 6.07) is 12.6. The van der Waals surface area contributed by atoms with Crippen LogP contribution in [0.2, 0.25) is 0 Å². The van der Waals surface area contributed by atoms with E-state index in [1.165, 1.54) is 5.69 Å². The van der Waals surface area contributed by atoms with E-state index >= 15 is 0 Å². The van der Waals surface area contributed by atoms with Crippen LogP contribution in [0, 0.1) is 0 Å². The van der Waals surface area contributed by atoms with Crippen LogP contribution in [-0.4, -0.2) is 14.1 Å². The fraction of sp³-hybridized carbons (Fsp3) is 0.235. The van der Waals surface area contributed by atoms with Crippen molar-refractivity contribution < 1.29 is 0 Å². The number of rotatable bonds is 6. The monoisotopic (exact) mass is 280 g/mol. The summed E-state index contributed by atoms with van der Waals surface area (Å²) in [5, 5.41) is 3.49.